The first-order chi connectivity index (χ1) is 12.3. The van der Waals surface area contributed by atoms with Crippen molar-refractivity contribution in [1.82, 2.24) is 0 Å². The largest absolute Gasteiger partial charge is 0.496 e. The van der Waals surface area contributed by atoms with Gasteiger partial charge in [0.2, 0.25) is 0 Å². The highest BCUT2D eigenvalue weighted by molar-refractivity contribution is 5.66. The van der Waals surface area contributed by atoms with E-state index in [1.165, 1.54) is 11.1 Å². The molecule has 0 heterocycles. The molecule has 0 aromatic heterocycles. The smallest absolute Gasteiger partial charge is 0.129 e. The van der Waals surface area contributed by atoms with E-state index >= 15 is 0 Å². The van der Waals surface area contributed by atoms with Crippen molar-refractivity contribution in [2.45, 2.75) is 31.5 Å². The van der Waals surface area contributed by atoms with E-state index in [4.69, 9.17) is 29.2 Å². The van der Waals surface area contributed by atoms with Gasteiger partial charge in [-0.25, -0.2) is 0 Å². The number of methoxy groups -OCH3 is 2. The number of hydrogen-bond acceptors (Lipinski definition) is 6. The van der Waals surface area contributed by atoms with Crippen LogP contribution in [0.1, 0.15) is 40.5 Å². The molecule has 0 amide bonds. The zero-order valence-corrected chi connectivity index (χ0v) is 14.8. The molecule has 0 aliphatic heterocycles. The first-order valence-corrected chi connectivity index (χ1v) is 8.61. The van der Waals surface area contributed by atoms with Crippen molar-refractivity contribution in [2.24, 2.45) is 0 Å². The van der Waals surface area contributed by atoms with Crippen molar-refractivity contribution in [3.63, 3.8) is 0 Å². The zero-order chi connectivity index (χ0) is 17.8. The molecule has 138 valence electrons. The molecule has 0 saturated heterocycles. The lowest BCUT2D eigenvalue weighted by molar-refractivity contribution is 0.0692. The summed E-state index contributed by atoms with van der Waals surface area (Å²) in [6.07, 6.45) is 5.50. The molecule has 2 aliphatic rings. The molecule has 2 bridgehead atoms. The summed E-state index contributed by atoms with van der Waals surface area (Å²) >= 11 is 0. The Balaban J connectivity index is 2.08. The van der Waals surface area contributed by atoms with Gasteiger partial charge in [0, 0.05) is 34.1 Å². The first-order valence-electron chi connectivity index (χ1n) is 8.61. The van der Waals surface area contributed by atoms with E-state index in [1.54, 1.807) is 14.2 Å². The van der Waals surface area contributed by atoms with Gasteiger partial charge in [0.25, 0.3) is 0 Å². The van der Waals surface area contributed by atoms with Crippen molar-refractivity contribution < 1.29 is 29.2 Å². The van der Waals surface area contributed by atoms with Crippen LogP contribution in [-0.2, 0) is 22.7 Å². The fraction of sp³-hybridized carbons (Fsp3) is 0.579. The fourth-order valence-electron chi connectivity index (χ4n) is 3.96. The SMILES string of the molecule is COc1c(COCCO)c(COCCO)c(OC)c2c1C1C=CC2C1. The Morgan fingerprint density at radius 2 is 1.28 bits per heavy atom. The van der Waals surface area contributed by atoms with Gasteiger partial charge in [0.05, 0.1) is 53.9 Å². The van der Waals surface area contributed by atoms with E-state index in [-0.39, 0.29) is 26.4 Å². The molecule has 0 fully saturated rings. The van der Waals surface area contributed by atoms with Crippen molar-refractivity contribution in [1.29, 1.82) is 0 Å². The van der Waals surface area contributed by atoms with Gasteiger partial charge in [0.15, 0.2) is 0 Å². The van der Waals surface area contributed by atoms with Crippen LogP contribution in [0.5, 0.6) is 11.5 Å². The van der Waals surface area contributed by atoms with Crippen LogP contribution in [0, 0.1) is 0 Å². The summed E-state index contributed by atoms with van der Waals surface area (Å²) in [5, 5.41) is 18.0. The Bertz CT molecular complexity index is 587. The van der Waals surface area contributed by atoms with Crippen molar-refractivity contribution >= 4 is 0 Å². The van der Waals surface area contributed by atoms with Crippen LogP contribution in [0.2, 0.25) is 0 Å². The summed E-state index contributed by atoms with van der Waals surface area (Å²) in [6, 6.07) is 0. The Labute approximate surface area is 148 Å². The number of fused-ring (bicyclic) bond motifs is 5. The minimum atomic E-state index is -0.0336. The fourth-order valence-corrected chi connectivity index (χ4v) is 3.96. The van der Waals surface area contributed by atoms with Crippen LogP contribution in [0.25, 0.3) is 0 Å². The first kappa shape index (κ1) is 18.2. The van der Waals surface area contributed by atoms with Crippen LogP contribution in [0.4, 0.5) is 0 Å². The maximum Gasteiger partial charge on any atom is 0.129 e. The van der Waals surface area contributed by atoms with Crippen LogP contribution in [0.3, 0.4) is 0 Å². The lowest BCUT2D eigenvalue weighted by Gasteiger charge is -2.25. The molecule has 0 radical (unpaired) electrons. The van der Waals surface area contributed by atoms with Gasteiger partial charge < -0.3 is 29.2 Å². The molecule has 2 aliphatic carbocycles. The number of aliphatic hydroxyl groups excluding tert-OH is 2. The van der Waals surface area contributed by atoms with Crippen LogP contribution in [0.15, 0.2) is 12.2 Å². The Kier molecular flexibility index (Phi) is 5.96. The molecule has 0 saturated carbocycles. The zero-order valence-electron chi connectivity index (χ0n) is 14.8. The number of hydrogen-bond donors (Lipinski definition) is 2. The monoisotopic (exact) mass is 350 g/mol. The Hall–Kier alpha value is -1.60. The summed E-state index contributed by atoms with van der Waals surface area (Å²) in [6.45, 7) is 1.07. The topological polar surface area (TPSA) is 77.4 Å². The minimum Gasteiger partial charge on any atom is -0.496 e. The molecule has 6 heteroatoms. The van der Waals surface area contributed by atoms with Gasteiger partial charge in [0.1, 0.15) is 11.5 Å². The van der Waals surface area contributed by atoms with Crippen molar-refractivity contribution in [3.05, 3.63) is 34.4 Å². The summed E-state index contributed by atoms with van der Waals surface area (Å²) < 4.78 is 22.7. The maximum absolute atomic E-state index is 9.01. The standard InChI is InChI=1S/C19H26O6/c1-22-18-14(10-24-7-5-20)15(11-25-8-6-21)19(23-2)17-13-4-3-12(9-13)16(17)18/h3-4,12-13,20-21H,5-11H2,1-2H3. The molecule has 6 nitrogen and oxygen atoms in total. The third kappa shape index (κ3) is 3.27. The van der Waals surface area contributed by atoms with Gasteiger partial charge in [-0.2, -0.15) is 0 Å². The molecule has 1 aromatic rings. The quantitative estimate of drug-likeness (QED) is 0.495. The third-order valence-electron chi connectivity index (χ3n) is 4.89. The molecule has 1 aromatic carbocycles. The number of rotatable bonds is 10. The van der Waals surface area contributed by atoms with Gasteiger partial charge >= 0.3 is 0 Å². The van der Waals surface area contributed by atoms with E-state index < -0.39 is 0 Å². The van der Waals surface area contributed by atoms with E-state index in [1.807, 2.05) is 0 Å². The Morgan fingerprint density at radius 3 is 1.64 bits per heavy atom. The highest BCUT2D eigenvalue weighted by Crippen LogP contribution is 2.57. The van der Waals surface area contributed by atoms with Crippen LogP contribution in [-0.4, -0.2) is 50.9 Å². The molecular weight excluding hydrogens is 324 g/mol. The average molecular weight is 350 g/mol. The Morgan fingerprint density at radius 1 is 0.840 bits per heavy atom. The average Bonchev–Trinajstić information content (AvgIpc) is 3.24. The predicted molar refractivity (Wildman–Crippen MR) is 92.3 cm³/mol. The maximum atomic E-state index is 9.01. The molecule has 25 heavy (non-hydrogen) atoms. The van der Waals surface area contributed by atoms with Gasteiger partial charge in [-0.15, -0.1) is 0 Å². The van der Waals surface area contributed by atoms with Gasteiger partial charge in [-0.1, -0.05) is 12.2 Å². The molecule has 2 unspecified atom stereocenters. The van der Waals surface area contributed by atoms with E-state index in [9.17, 15) is 0 Å². The predicted octanol–water partition coefficient (Wildman–Crippen LogP) is 1.86. The summed E-state index contributed by atoms with van der Waals surface area (Å²) in [4.78, 5) is 0. The van der Waals surface area contributed by atoms with E-state index in [2.05, 4.69) is 12.2 Å². The molecule has 2 N–H and O–H groups in total. The second kappa shape index (κ2) is 8.19. The summed E-state index contributed by atoms with van der Waals surface area (Å²) in [7, 11) is 3.34. The van der Waals surface area contributed by atoms with Crippen molar-refractivity contribution in [3.8, 4) is 11.5 Å². The van der Waals surface area contributed by atoms with Crippen LogP contribution >= 0.6 is 0 Å². The number of aliphatic hydroxyl groups is 2. The second-order valence-corrected chi connectivity index (χ2v) is 6.24. The van der Waals surface area contributed by atoms with Crippen LogP contribution < -0.4 is 9.47 Å². The highest BCUT2D eigenvalue weighted by atomic mass is 16.5. The number of ether oxygens (including phenoxy) is 4. The molecule has 0 spiro atoms. The second-order valence-electron chi connectivity index (χ2n) is 6.24. The normalized spacial score (nSPS) is 20.2. The molecule has 2 atom stereocenters. The molecular formula is C19H26O6. The van der Waals surface area contributed by atoms with E-state index in [0.29, 0.717) is 25.0 Å². The van der Waals surface area contributed by atoms with E-state index in [0.717, 1.165) is 29.0 Å². The van der Waals surface area contributed by atoms with Gasteiger partial charge in [-0.3, -0.25) is 0 Å². The highest BCUT2D eigenvalue weighted by Gasteiger charge is 2.40. The molecule has 3 rings (SSSR count). The summed E-state index contributed by atoms with van der Waals surface area (Å²) in [5.41, 5.74) is 4.15. The number of allylic oxidation sites excluding steroid dienone is 2. The lowest BCUT2D eigenvalue weighted by atomic mass is 9.89. The van der Waals surface area contributed by atoms with Gasteiger partial charge in [-0.05, 0) is 6.42 Å². The third-order valence-corrected chi connectivity index (χ3v) is 4.89. The summed E-state index contributed by atoms with van der Waals surface area (Å²) in [5.74, 6) is 2.34. The van der Waals surface area contributed by atoms with Crippen molar-refractivity contribution in [2.75, 3.05) is 40.6 Å². The number of benzene rings is 1. The lowest BCUT2D eigenvalue weighted by Crippen LogP contribution is -2.13. The minimum absolute atomic E-state index is 0.0336.